The number of hydrogen-bond acceptors (Lipinski definition) is 7. The minimum atomic E-state index is -1.08. The Morgan fingerprint density at radius 3 is 0.722 bits per heavy atom. The van der Waals surface area contributed by atoms with Crippen LogP contribution in [0.4, 0.5) is 0 Å². The molecule has 0 heterocycles. The number of carbonyl (C=O) groups excluding carboxylic acids is 3. The van der Waals surface area contributed by atoms with Gasteiger partial charge in [0.2, 0.25) is 0 Å². The minimum absolute atomic E-state index is 0. The maximum Gasteiger partial charge on any atom is 2.00 e. The molecule has 0 aliphatic rings. The predicted molar refractivity (Wildman–Crippen MR) is 51.1 cm³/mol. The second kappa shape index (κ2) is 30.3. The molecular weight excluding hydrogens is 287 g/mol. The van der Waals surface area contributed by atoms with Crippen LogP contribution in [0.2, 0.25) is 0 Å². The van der Waals surface area contributed by atoms with E-state index in [-0.39, 0.29) is 67.3 Å². The van der Waals surface area contributed by atoms with Gasteiger partial charge >= 0.3 is 67.3 Å². The average molecular weight is 300 g/mol. The van der Waals surface area contributed by atoms with E-state index in [4.69, 9.17) is 39.6 Å². The Labute approximate surface area is 157 Å². The predicted octanol–water partition coefficient (Wildman–Crippen LogP) is -7.02. The molecule has 0 bridgehead atoms. The monoisotopic (exact) mass is 300 g/mol. The van der Waals surface area contributed by atoms with Crippen molar-refractivity contribution >= 4 is 61.6 Å². The molecule has 18 heavy (non-hydrogen) atoms. The van der Waals surface area contributed by atoms with E-state index < -0.39 is 23.9 Å². The molecule has 0 saturated carbocycles. The Morgan fingerprint density at radius 1 is 0.722 bits per heavy atom. The normalized spacial score (nSPS) is 5.56. The standard InChI is InChI=1S/4C2H4O2.Ca.Na/c4*1-2(3)4;;/h4*1H3,(H,3,4);;/q;;;;+2;+1/p-3. The molecule has 0 radical (unpaired) electrons. The van der Waals surface area contributed by atoms with Gasteiger partial charge in [-0.3, -0.25) is 4.79 Å². The molecule has 10 heteroatoms. The van der Waals surface area contributed by atoms with Crippen molar-refractivity contribution in [1.29, 1.82) is 0 Å². The fourth-order valence-corrected chi connectivity index (χ4v) is 0. The first-order valence-electron chi connectivity index (χ1n) is 3.65. The summed E-state index contributed by atoms with van der Waals surface area (Å²) < 4.78 is 0. The number of carboxylic acids is 4. The molecule has 0 saturated heterocycles. The van der Waals surface area contributed by atoms with Gasteiger partial charge in [-0.1, -0.05) is 0 Å². The maximum atomic E-state index is 9.00. The summed E-state index contributed by atoms with van der Waals surface area (Å²) in [7, 11) is 0. The van der Waals surface area contributed by atoms with Gasteiger partial charge in [-0.2, -0.15) is 0 Å². The van der Waals surface area contributed by atoms with Gasteiger partial charge in [0, 0.05) is 24.8 Å². The molecule has 0 fully saturated rings. The zero-order valence-electron chi connectivity index (χ0n) is 11.0. The first kappa shape index (κ1) is 36.2. The van der Waals surface area contributed by atoms with Crippen LogP contribution in [0.25, 0.3) is 0 Å². The summed E-state index contributed by atoms with van der Waals surface area (Å²) in [5.41, 5.74) is 0. The van der Waals surface area contributed by atoms with Crippen LogP contribution in [0.3, 0.4) is 0 Å². The zero-order chi connectivity index (χ0) is 14.3. The van der Waals surface area contributed by atoms with Gasteiger partial charge in [0.1, 0.15) is 0 Å². The SMILES string of the molecule is CC(=O)O.CC(=O)[O-].CC(=O)[O-].CC(=O)[O-].[Ca+2].[Na+]. The first-order chi connectivity index (χ1) is 6.93. The van der Waals surface area contributed by atoms with E-state index >= 15 is 0 Å². The second-order valence-electron chi connectivity index (χ2n) is 1.99. The molecule has 96 valence electrons. The van der Waals surface area contributed by atoms with Crippen molar-refractivity contribution in [3.8, 4) is 0 Å². The molecule has 0 aromatic carbocycles. The summed E-state index contributed by atoms with van der Waals surface area (Å²) in [6, 6.07) is 0. The van der Waals surface area contributed by atoms with Crippen molar-refractivity contribution in [2.75, 3.05) is 0 Å². The van der Waals surface area contributed by atoms with Crippen LogP contribution in [0.1, 0.15) is 27.7 Å². The smallest absolute Gasteiger partial charge is 0.550 e. The Morgan fingerprint density at radius 2 is 0.722 bits per heavy atom. The minimum Gasteiger partial charge on any atom is -0.550 e. The third-order valence-corrected chi connectivity index (χ3v) is 0. The summed E-state index contributed by atoms with van der Waals surface area (Å²) in [6.45, 7) is 4.00. The van der Waals surface area contributed by atoms with Crippen molar-refractivity contribution < 1.29 is 69.2 Å². The van der Waals surface area contributed by atoms with Crippen molar-refractivity contribution in [3.63, 3.8) is 0 Å². The average Bonchev–Trinajstić information content (AvgIpc) is 1.76. The molecule has 1 N–H and O–H groups in total. The molecular formula is C8H13CaNaO8. The van der Waals surface area contributed by atoms with E-state index in [2.05, 4.69) is 0 Å². The molecule has 0 spiro atoms. The van der Waals surface area contributed by atoms with E-state index in [0.717, 1.165) is 27.7 Å². The van der Waals surface area contributed by atoms with Crippen LogP contribution in [0, 0.1) is 0 Å². The molecule has 0 amide bonds. The van der Waals surface area contributed by atoms with Crippen molar-refractivity contribution in [1.82, 2.24) is 0 Å². The number of carboxylic acid groups (broad SMARTS) is 4. The quantitative estimate of drug-likeness (QED) is 0.432. The number of rotatable bonds is 0. The Kier molecular flexibility index (Phi) is 60.9. The fourth-order valence-electron chi connectivity index (χ4n) is 0. The van der Waals surface area contributed by atoms with Crippen LogP contribution in [-0.4, -0.2) is 66.7 Å². The molecule has 8 nitrogen and oxygen atoms in total. The van der Waals surface area contributed by atoms with E-state index in [1.54, 1.807) is 0 Å². The first-order valence-corrected chi connectivity index (χ1v) is 3.65. The molecule has 0 rings (SSSR count). The van der Waals surface area contributed by atoms with Crippen LogP contribution < -0.4 is 44.9 Å². The molecule has 0 aromatic rings. The summed E-state index contributed by atoms with van der Waals surface area (Å²) >= 11 is 0. The van der Waals surface area contributed by atoms with Crippen LogP contribution >= 0.6 is 0 Å². The van der Waals surface area contributed by atoms with Crippen molar-refractivity contribution in [3.05, 3.63) is 0 Å². The van der Waals surface area contributed by atoms with Gasteiger partial charge in [0.25, 0.3) is 5.97 Å². The summed E-state index contributed by atoms with van der Waals surface area (Å²) in [5.74, 6) is -4.08. The Balaban J connectivity index is -0.0000000257. The van der Waals surface area contributed by atoms with Gasteiger partial charge in [0.05, 0.1) is 0 Å². The molecule has 0 aliphatic carbocycles. The van der Waals surface area contributed by atoms with E-state index in [0.29, 0.717) is 0 Å². The van der Waals surface area contributed by atoms with Gasteiger partial charge < -0.3 is 34.8 Å². The van der Waals surface area contributed by atoms with Crippen molar-refractivity contribution in [2.24, 2.45) is 0 Å². The van der Waals surface area contributed by atoms with E-state index in [1.165, 1.54) is 0 Å². The second-order valence-corrected chi connectivity index (χ2v) is 1.99. The van der Waals surface area contributed by atoms with Crippen LogP contribution in [0.5, 0.6) is 0 Å². The summed E-state index contributed by atoms with van der Waals surface area (Å²) in [5, 5.41) is 34.1. The number of carbonyl (C=O) groups is 4. The topological polar surface area (TPSA) is 158 Å². The van der Waals surface area contributed by atoms with E-state index in [9.17, 15) is 0 Å². The van der Waals surface area contributed by atoms with Gasteiger partial charge in [0.15, 0.2) is 0 Å². The molecule has 0 aromatic heterocycles. The Bertz CT molecular complexity index is 167. The third-order valence-electron chi connectivity index (χ3n) is 0. The van der Waals surface area contributed by atoms with Gasteiger partial charge in [-0.15, -0.1) is 0 Å². The number of aliphatic carboxylic acids is 4. The van der Waals surface area contributed by atoms with Crippen LogP contribution in [-0.2, 0) is 19.2 Å². The third kappa shape index (κ3) is 189000. The molecule has 0 unspecified atom stereocenters. The number of hydrogen-bond donors (Lipinski definition) is 1. The fraction of sp³-hybridized carbons (Fsp3) is 0.500. The summed E-state index contributed by atoms with van der Waals surface area (Å²) in [6.07, 6.45) is 0. The van der Waals surface area contributed by atoms with Gasteiger partial charge in [-0.05, 0) is 20.8 Å². The largest absolute Gasteiger partial charge is 2.00 e. The molecule has 0 aliphatic heterocycles. The maximum absolute atomic E-state index is 9.00. The molecule has 0 atom stereocenters. The summed E-state index contributed by atoms with van der Waals surface area (Å²) in [4.78, 5) is 35.7. The van der Waals surface area contributed by atoms with Gasteiger partial charge in [-0.25, -0.2) is 0 Å². The van der Waals surface area contributed by atoms with Crippen LogP contribution in [0.15, 0.2) is 0 Å². The zero-order valence-corrected chi connectivity index (χ0v) is 15.2. The van der Waals surface area contributed by atoms with E-state index in [1.807, 2.05) is 0 Å². The Hall–Kier alpha value is 0.140. The van der Waals surface area contributed by atoms with Crippen molar-refractivity contribution in [2.45, 2.75) is 27.7 Å².